The van der Waals surface area contributed by atoms with Crippen LogP contribution in [0.2, 0.25) is 0 Å². The molecule has 7 heteroatoms. The van der Waals surface area contributed by atoms with Gasteiger partial charge in [0.2, 0.25) is 0 Å². The second-order valence-corrected chi connectivity index (χ2v) is 11.6. The lowest BCUT2D eigenvalue weighted by Crippen LogP contribution is -2.38. The van der Waals surface area contributed by atoms with E-state index in [1.165, 1.54) is 21.8 Å². The van der Waals surface area contributed by atoms with Crippen molar-refractivity contribution in [3.63, 3.8) is 0 Å². The summed E-state index contributed by atoms with van der Waals surface area (Å²) in [5.74, 6) is 0.681. The van der Waals surface area contributed by atoms with Crippen molar-refractivity contribution >= 4 is 39.6 Å². The molecule has 1 aliphatic heterocycles. The molecule has 0 unspecified atom stereocenters. The molecule has 5 rings (SSSR count). The lowest BCUT2D eigenvalue weighted by molar-refractivity contribution is 0.0739. The zero-order chi connectivity index (χ0) is 22.5. The molecule has 2 N–H and O–H groups in total. The monoisotopic (exact) mass is 466 g/mol. The molecule has 0 fully saturated rings. The van der Waals surface area contributed by atoms with Gasteiger partial charge in [0, 0.05) is 4.88 Å². The van der Waals surface area contributed by atoms with E-state index in [4.69, 9.17) is 4.74 Å². The number of ether oxygens (including phenoxy) is 1. The normalized spacial score (nSPS) is 20.0. The summed E-state index contributed by atoms with van der Waals surface area (Å²) in [7, 11) is 0. The van der Waals surface area contributed by atoms with Gasteiger partial charge in [-0.15, -0.1) is 22.7 Å². The minimum absolute atomic E-state index is 0.0311. The lowest BCUT2D eigenvalue weighted by Gasteiger charge is -2.34. The summed E-state index contributed by atoms with van der Waals surface area (Å²) in [5, 5.41) is 9.39. The van der Waals surface area contributed by atoms with E-state index >= 15 is 0 Å². The third-order valence-electron chi connectivity index (χ3n) is 6.39. The number of carbonyl (C=O) groups is 2. The van der Waals surface area contributed by atoms with Crippen molar-refractivity contribution in [3.05, 3.63) is 68.2 Å². The second-order valence-electron chi connectivity index (χ2n) is 9.50. The highest BCUT2D eigenvalue weighted by Gasteiger charge is 2.36. The summed E-state index contributed by atoms with van der Waals surface area (Å²) >= 11 is 3.06. The summed E-state index contributed by atoms with van der Waals surface area (Å²) in [4.78, 5) is 27.3. The highest BCUT2D eigenvalue weighted by molar-refractivity contribution is 7.16. The SMILES string of the molecule is CC(C)(C)[C@H]1CCc2c(sc3c2C(=O)N[C@H](c2cccc(OC(=O)c4cccs4)c2)N3)C1. The van der Waals surface area contributed by atoms with Crippen molar-refractivity contribution in [1.29, 1.82) is 0 Å². The van der Waals surface area contributed by atoms with E-state index in [1.54, 1.807) is 29.5 Å². The van der Waals surface area contributed by atoms with Crippen LogP contribution in [-0.2, 0) is 12.8 Å². The van der Waals surface area contributed by atoms with Crippen LogP contribution in [0, 0.1) is 11.3 Å². The van der Waals surface area contributed by atoms with Crippen molar-refractivity contribution in [2.45, 2.75) is 46.2 Å². The maximum Gasteiger partial charge on any atom is 0.353 e. The van der Waals surface area contributed by atoms with E-state index in [-0.39, 0.29) is 23.5 Å². The highest BCUT2D eigenvalue weighted by Crippen LogP contribution is 2.46. The van der Waals surface area contributed by atoms with Crippen LogP contribution < -0.4 is 15.4 Å². The first kappa shape index (κ1) is 21.2. The summed E-state index contributed by atoms with van der Waals surface area (Å²) in [6, 6.07) is 10.9. The molecule has 32 heavy (non-hydrogen) atoms. The molecule has 2 atom stereocenters. The molecule has 2 aliphatic rings. The van der Waals surface area contributed by atoms with Gasteiger partial charge < -0.3 is 15.4 Å². The van der Waals surface area contributed by atoms with E-state index < -0.39 is 0 Å². The number of nitrogens with one attached hydrogen (secondary N) is 2. The zero-order valence-electron chi connectivity index (χ0n) is 18.4. The summed E-state index contributed by atoms with van der Waals surface area (Å²) in [5.41, 5.74) is 3.14. The molecule has 3 heterocycles. The zero-order valence-corrected chi connectivity index (χ0v) is 20.0. The number of hydrogen-bond acceptors (Lipinski definition) is 6. The number of benzene rings is 1. The van der Waals surface area contributed by atoms with Gasteiger partial charge in [0.05, 0.1) is 5.56 Å². The van der Waals surface area contributed by atoms with Gasteiger partial charge in [0.1, 0.15) is 21.8 Å². The average Bonchev–Trinajstić information content (AvgIpc) is 3.41. The van der Waals surface area contributed by atoms with Gasteiger partial charge in [-0.1, -0.05) is 39.0 Å². The molecule has 166 valence electrons. The number of esters is 1. The third kappa shape index (κ3) is 3.95. The molecule has 3 aromatic rings. The Morgan fingerprint density at radius 1 is 1.16 bits per heavy atom. The highest BCUT2D eigenvalue weighted by atomic mass is 32.1. The number of fused-ring (bicyclic) bond motifs is 3. The molecule has 0 saturated carbocycles. The van der Waals surface area contributed by atoms with Gasteiger partial charge in [-0.05, 0) is 65.3 Å². The number of thiophene rings is 2. The van der Waals surface area contributed by atoms with E-state index in [1.807, 2.05) is 23.6 Å². The van der Waals surface area contributed by atoms with E-state index in [0.29, 0.717) is 16.5 Å². The van der Waals surface area contributed by atoms with Gasteiger partial charge in [-0.3, -0.25) is 4.79 Å². The number of carbonyl (C=O) groups excluding carboxylic acids is 2. The van der Waals surface area contributed by atoms with Crippen LogP contribution in [-0.4, -0.2) is 11.9 Å². The minimum atomic E-state index is -0.376. The maximum atomic E-state index is 13.1. The summed E-state index contributed by atoms with van der Waals surface area (Å²) < 4.78 is 5.53. The van der Waals surface area contributed by atoms with E-state index in [2.05, 4.69) is 31.4 Å². The number of hydrogen-bond donors (Lipinski definition) is 2. The Morgan fingerprint density at radius 2 is 2.00 bits per heavy atom. The van der Waals surface area contributed by atoms with E-state index in [0.717, 1.165) is 35.4 Å². The Balaban J connectivity index is 1.37. The van der Waals surface area contributed by atoms with Crippen molar-refractivity contribution < 1.29 is 14.3 Å². The number of anilines is 1. The predicted octanol–water partition coefficient (Wildman–Crippen LogP) is 6.03. The van der Waals surface area contributed by atoms with Crippen molar-refractivity contribution in [1.82, 2.24) is 5.32 Å². The fourth-order valence-corrected chi connectivity index (χ4v) is 6.47. The summed E-state index contributed by atoms with van der Waals surface area (Å²) in [6.45, 7) is 6.90. The van der Waals surface area contributed by atoms with Gasteiger partial charge in [0.15, 0.2) is 0 Å². The molecule has 5 nitrogen and oxygen atoms in total. The Kier molecular flexibility index (Phi) is 5.34. The van der Waals surface area contributed by atoms with Crippen LogP contribution in [0.5, 0.6) is 5.75 Å². The molecule has 1 aliphatic carbocycles. The first-order valence-corrected chi connectivity index (χ1v) is 12.6. The van der Waals surface area contributed by atoms with Gasteiger partial charge in [-0.2, -0.15) is 0 Å². The number of amides is 1. The molecular weight excluding hydrogens is 440 g/mol. The third-order valence-corrected chi connectivity index (χ3v) is 8.43. The van der Waals surface area contributed by atoms with Crippen molar-refractivity contribution in [3.8, 4) is 5.75 Å². The standard InChI is InChI=1S/C25H26N2O3S2/c1-25(2,3)15-9-10-17-19(13-15)32-23-20(17)22(28)26-21(27-23)14-6-4-7-16(12-14)30-24(29)18-8-5-11-31-18/h4-8,11-12,15,21,27H,9-10,13H2,1-3H3,(H,26,28)/t15-,21-/m0/s1. The smallest absolute Gasteiger partial charge is 0.353 e. The number of rotatable bonds is 3. The quantitative estimate of drug-likeness (QED) is 0.365. The van der Waals surface area contributed by atoms with Crippen LogP contribution in [0.1, 0.15) is 69.4 Å². The van der Waals surface area contributed by atoms with Crippen LogP contribution in [0.3, 0.4) is 0 Å². The van der Waals surface area contributed by atoms with Crippen LogP contribution in [0.15, 0.2) is 41.8 Å². The first-order chi connectivity index (χ1) is 15.3. The topological polar surface area (TPSA) is 67.4 Å². The maximum absolute atomic E-state index is 13.1. The van der Waals surface area contributed by atoms with Gasteiger partial charge >= 0.3 is 5.97 Å². The van der Waals surface area contributed by atoms with Crippen LogP contribution >= 0.6 is 22.7 Å². The molecule has 2 aromatic heterocycles. The second kappa shape index (κ2) is 8.05. The fourth-order valence-electron chi connectivity index (χ4n) is 4.51. The lowest BCUT2D eigenvalue weighted by atomic mass is 9.72. The van der Waals surface area contributed by atoms with Crippen LogP contribution in [0.25, 0.3) is 0 Å². The molecule has 0 spiro atoms. The van der Waals surface area contributed by atoms with Gasteiger partial charge in [-0.25, -0.2) is 4.79 Å². The molecule has 0 saturated heterocycles. The van der Waals surface area contributed by atoms with Gasteiger partial charge in [0.25, 0.3) is 5.91 Å². The first-order valence-electron chi connectivity index (χ1n) is 10.9. The Morgan fingerprint density at radius 3 is 2.75 bits per heavy atom. The average molecular weight is 467 g/mol. The molecule has 0 radical (unpaired) electrons. The Hall–Kier alpha value is -2.64. The largest absolute Gasteiger partial charge is 0.422 e. The Bertz CT molecular complexity index is 1170. The van der Waals surface area contributed by atoms with Crippen LogP contribution in [0.4, 0.5) is 5.00 Å². The molecule has 1 aromatic carbocycles. The van der Waals surface area contributed by atoms with Crippen molar-refractivity contribution in [2.75, 3.05) is 5.32 Å². The predicted molar refractivity (Wildman–Crippen MR) is 129 cm³/mol. The molecular formula is C25H26N2O3S2. The molecule has 1 amide bonds. The fraction of sp³-hybridized carbons (Fsp3) is 0.360. The van der Waals surface area contributed by atoms with E-state index in [9.17, 15) is 9.59 Å². The minimum Gasteiger partial charge on any atom is -0.422 e. The Labute approximate surface area is 195 Å². The molecule has 0 bridgehead atoms. The summed E-state index contributed by atoms with van der Waals surface area (Å²) in [6.07, 6.45) is 2.74. The van der Waals surface area contributed by atoms with Crippen molar-refractivity contribution in [2.24, 2.45) is 11.3 Å².